The normalized spacial score (nSPS) is 14.8. The lowest BCUT2D eigenvalue weighted by Gasteiger charge is -2.24. The smallest absolute Gasteiger partial charge is 0.0505 e. The fourth-order valence-corrected chi connectivity index (χ4v) is 2.19. The molecule has 0 aliphatic carbocycles. The van der Waals surface area contributed by atoms with E-state index < -0.39 is 0 Å². The number of benzene rings is 1. The lowest BCUT2D eigenvalue weighted by atomic mass is 9.90. The molecule has 5 N–H and O–H groups in total. The molecule has 0 heterocycles. The van der Waals surface area contributed by atoms with Crippen LogP contribution in [-0.2, 0) is 0 Å². The molecule has 4 heteroatoms. The first-order chi connectivity index (χ1) is 7.60. The Morgan fingerprint density at radius 3 is 2.62 bits per heavy atom. The zero-order valence-electron chi connectivity index (χ0n) is 9.83. The molecule has 0 fully saturated rings. The van der Waals surface area contributed by atoms with Gasteiger partial charge in [0, 0.05) is 10.7 Å². The van der Waals surface area contributed by atoms with E-state index in [1.54, 1.807) is 6.07 Å². The van der Waals surface area contributed by atoms with Crippen molar-refractivity contribution in [1.29, 1.82) is 0 Å². The van der Waals surface area contributed by atoms with Crippen LogP contribution in [0.15, 0.2) is 18.2 Å². The van der Waals surface area contributed by atoms with Gasteiger partial charge < -0.3 is 5.73 Å². The Bertz CT molecular complexity index is 341. The third-order valence-corrected chi connectivity index (χ3v) is 3.11. The highest BCUT2D eigenvalue weighted by molar-refractivity contribution is 6.30. The number of nitrogens with one attached hydrogen (secondary N) is 1. The number of hydrazine groups is 1. The van der Waals surface area contributed by atoms with Gasteiger partial charge in [0.15, 0.2) is 0 Å². The molecule has 0 amide bonds. The van der Waals surface area contributed by atoms with Crippen molar-refractivity contribution >= 4 is 17.3 Å². The van der Waals surface area contributed by atoms with E-state index in [0.29, 0.717) is 16.6 Å². The van der Waals surface area contributed by atoms with E-state index in [2.05, 4.69) is 19.3 Å². The number of hydrogen-bond acceptors (Lipinski definition) is 3. The van der Waals surface area contributed by atoms with E-state index in [1.165, 1.54) is 0 Å². The highest BCUT2D eigenvalue weighted by Crippen LogP contribution is 2.30. The number of nitrogens with two attached hydrogens (primary N) is 2. The molecule has 0 radical (unpaired) electrons. The van der Waals surface area contributed by atoms with Gasteiger partial charge in [-0.1, -0.05) is 37.9 Å². The molecule has 2 unspecified atom stereocenters. The quantitative estimate of drug-likeness (QED) is 0.422. The maximum absolute atomic E-state index is 5.95. The van der Waals surface area contributed by atoms with Crippen molar-refractivity contribution in [3.63, 3.8) is 0 Å². The minimum absolute atomic E-state index is 0.0808. The fraction of sp³-hybridized carbons (Fsp3) is 0.500. The van der Waals surface area contributed by atoms with Crippen LogP contribution in [0, 0.1) is 5.92 Å². The van der Waals surface area contributed by atoms with Crippen molar-refractivity contribution < 1.29 is 0 Å². The lowest BCUT2D eigenvalue weighted by Crippen LogP contribution is -2.33. The summed E-state index contributed by atoms with van der Waals surface area (Å²) in [6.45, 7) is 4.33. The number of halogens is 1. The molecule has 2 atom stereocenters. The van der Waals surface area contributed by atoms with Crippen LogP contribution in [0.25, 0.3) is 0 Å². The second-order valence-corrected chi connectivity index (χ2v) is 4.62. The molecule has 90 valence electrons. The third-order valence-electron chi connectivity index (χ3n) is 2.88. The molecule has 3 nitrogen and oxygen atoms in total. The predicted octanol–water partition coefficient (Wildman–Crippen LogP) is 2.86. The molecule has 0 bridgehead atoms. The minimum Gasteiger partial charge on any atom is -0.398 e. The Labute approximate surface area is 102 Å². The summed E-state index contributed by atoms with van der Waals surface area (Å²) < 4.78 is 0. The topological polar surface area (TPSA) is 64.1 Å². The van der Waals surface area contributed by atoms with Gasteiger partial charge in [0.2, 0.25) is 0 Å². The van der Waals surface area contributed by atoms with Crippen molar-refractivity contribution in [2.24, 2.45) is 11.8 Å². The number of hydrogen-bond donors (Lipinski definition) is 3. The second kappa shape index (κ2) is 6.09. The van der Waals surface area contributed by atoms with Gasteiger partial charge in [-0.2, -0.15) is 0 Å². The first kappa shape index (κ1) is 13.3. The van der Waals surface area contributed by atoms with Gasteiger partial charge in [0.1, 0.15) is 0 Å². The largest absolute Gasteiger partial charge is 0.398 e. The molecule has 0 spiro atoms. The van der Waals surface area contributed by atoms with Crippen molar-refractivity contribution in [3.05, 3.63) is 28.8 Å². The maximum Gasteiger partial charge on any atom is 0.0505 e. The summed E-state index contributed by atoms with van der Waals surface area (Å²) in [7, 11) is 0. The van der Waals surface area contributed by atoms with Crippen LogP contribution in [0.1, 0.15) is 38.3 Å². The van der Waals surface area contributed by atoms with Crippen molar-refractivity contribution in [3.8, 4) is 0 Å². The number of anilines is 1. The van der Waals surface area contributed by atoms with Crippen molar-refractivity contribution in [2.75, 3.05) is 5.73 Å². The molecule has 0 saturated carbocycles. The standard InChI is InChI=1S/C12H20ClN3/c1-3-4-8(2)12(16-15)10-6-5-9(13)7-11(10)14/h5-8,12,16H,3-4,14-15H2,1-2H3. The van der Waals surface area contributed by atoms with Gasteiger partial charge in [0.25, 0.3) is 0 Å². The molecular formula is C12H20ClN3. The number of rotatable bonds is 5. The zero-order chi connectivity index (χ0) is 12.1. The van der Waals surface area contributed by atoms with E-state index in [4.69, 9.17) is 23.2 Å². The minimum atomic E-state index is 0.0808. The van der Waals surface area contributed by atoms with E-state index in [1.807, 2.05) is 12.1 Å². The van der Waals surface area contributed by atoms with Crippen LogP contribution in [0.4, 0.5) is 5.69 Å². The van der Waals surface area contributed by atoms with E-state index in [0.717, 1.165) is 18.4 Å². The molecule has 1 aromatic carbocycles. The summed E-state index contributed by atoms with van der Waals surface area (Å²) in [4.78, 5) is 0. The van der Waals surface area contributed by atoms with Gasteiger partial charge >= 0.3 is 0 Å². The predicted molar refractivity (Wildman–Crippen MR) is 70.0 cm³/mol. The van der Waals surface area contributed by atoms with Crippen molar-refractivity contribution in [2.45, 2.75) is 32.7 Å². The third kappa shape index (κ3) is 3.11. The molecule has 1 aromatic rings. The summed E-state index contributed by atoms with van der Waals surface area (Å²) in [5.74, 6) is 6.05. The number of nitrogen functional groups attached to an aromatic ring is 1. The highest BCUT2D eigenvalue weighted by atomic mass is 35.5. The molecule has 1 rings (SSSR count). The second-order valence-electron chi connectivity index (χ2n) is 4.18. The lowest BCUT2D eigenvalue weighted by molar-refractivity contribution is 0.369. The first-order valence-corrected chi connectivity index (χ1v) is 5.99. The van der Waals surface area contributed by atoms with E-state index in [9.17, 15) is 0 Å². The molecule has 16 heavy (non-hydrogen) atoms. The SMILES string of the molecule is CCCC(C)C(NN)c1ccc(Cl)cc1N. The highest BCUT2D eigenvalue weighted by Gasteiger charge is 2.19. The Kier molecular flexibility index (Phi) is 5.06. The van der Waals surface area contributed by atoms with Crippen LogP contribution in [0.3, 0.4) is 0 Å². The molecule has 0 aromatic heterocycles. The molecular weight excluding hydrogens is 222 g/mol. The zero-order valence-corrected chi connectivity index (χ0v) is 10.6. The monoisotopic (exact) mass is 241 g/mol. The van der Waals surface area contributed by atoms with E-state index >= 15 is 0 Å². The van der Waals surface area contributed by atoms with Gasteiger partial charge in [0.05, 0.1) is 6.04 Å². The van der Waals surface area contributed by atoms with E-state index in [-0.39, 0.29) is 6.04 Å². The van der Waals surface area contributed by atoms with Gasteiger partial charge in [-0.15, -0.1) is 0 Å². The van der Waals surface area contributed by atoms with Crippen LogP contribution in [0.2, 0.25) is 5.02 Å². The summed E-state index contributed by atoms with van der Waals surface area (Å²) >= 11 is 5.87. The average Bonchev–Trinajstić information content (AvgIpc) is 2.22. The summed E-state index contributed by atoms with van der Waals surface area (Å²) in [5, 5.41) is 0.653. The fourth-order valence-electron chi connectivity index (χ4n) is 2.01. The van der Waals surface area contributed by atoms with Crippen LogP contribution >= 0.6 is 11.6 Å². The summed E-state index contributed by atoms with van der Waals surface area (Å²) in [6, 6.07) is 5.63. The molecule has 0 aliphatic rings. The Hall–Kier alpha value is -0.770. The average molecular weight is 242 g/mol. The van der Waals surface area contributed by atoms with Gasteiger partial charge in [-0.25, -0.2) is 0 Å². The molecule has 0 aliphatic heterocycles. The first-order valence-electron chi connectivity index (χ1n) is 5.61. The van der Waals surface area contributed by atoms with Crippen LogP contribution in [0.5, 0.6) is 0 Å². The Morgan fingerprint density at radius 1 is 1.44 bits per heavy atom. The summed E-state index contributed by atoms with van der Waals surface area (Å²) in [5.41, 5.74) is 10.5. The van der Waals surface area contributed by atoms with Gasteiger partial charge in [-0.3, -0.25) is 11.3 Å². The Morgan fingerprint density at radius 2 is 2.12 bits per heavy atom. The van der Waals surface area contributed by atoms with Gasteiger partial charge in [-0.05, 0) is 30.0 Å². The maximum atomic E-state index is 5.95. The summed E-state index contributed by atoms with van der Waals surface area (Å²) in [6.07, 6.45) is 2.24. The Balaban J connectivity index is 2.94. The van der Waals surface area contributed by atoms with Crippen molar-refractivity contribution in [1.82, 2.24) is 5.43 Å². The van der Waals surface area contributed by atoms with Crippen LogP contribution < -0.4 is 17.0 Å². The van der Waals surface area contributed by atoms with Crippen LogP contribution in [-0.4, -0.2) is 0 Å². The molecule has 0 saturated heterocycles.